The molecule has 0 aromatic carbocycles. The van der Waals surface area contributed by atoms with E-state index < -0.39 is 0 Å². The lowest BCUT2D eigenvalue weighted by atomic mass is 10.3. The second kappa shape index (κ2) is 8.52. The minimum absolute atomic E-state index is 0.0189. The van der Waals surface area contributed by atoms with Crippen LogP contribution in [0.1, 0.15) is 26.2 Å². The number of nitrogens with one attached hydrogen (secondary N) is 3. The smallest absolute Gasteiger partial charge is 0.205 e. The normalized spacial score (nSPS) is 11.9. The van der Waals surface area contributed by atoms with Gasteiger partial charge >= 0.3 is 0 Å². The minimum Gasteiger partial charge on any atom is -0.355 e. The van der Waals surface area contributed by atoms with Crippen LogP contribution in [0.2, 0.25) is 0 Å². The molecule has 0 saturated heterocycles. The monoisotopic (exact) mass is 200 g/mol. The first kappa shape index (κ1) is 12.9. The summed E-state index contributed by atoms with van der Waals surface area (Å²) in [7, 11) is 0. The Labute approximate surface area is 85.2 Å². The van der Waals surface area contributed by atoms with E-state index in [4.69, 9.17) is 16.0 Å². The van der Waals surface area contributed by atoms with Crippen molar-refractivity contribution in [2.75, 3.05) is 6.61 Å². The lowest BCUT2D eigenvalue weighted by Crippen LogP contribution is -2.46. The highest BCUT2D eigenvalue weighted by Gasteiger charge is 2.03. The molecule has 1 unspecified atom stereocenters. The molecule has 0 aromatic heterocycles. The number of ether oxygens (including phenoxy) is 1. The first-order chi connectivity index (χ1) is 6.74. The molecule has 0 fully saturated rings. The van der Waals surface area contributed by atoms with Gasteiger partial charge in [-0.05, 0) is 12.5 Å². The molecule has 0 rings (SSSR count). The number of unbranched alkanes of at least 4 members (excludes halogenated alkanes) is 2. The van der Waals surface area contributed by atoms with Gasteiger partial charge in [0.15, 0.2) is 0 Å². The third-order valence-electron chi connectivity index (χ3n) is 1.69. The summed E-state index contributed by atoms with van der Waals surface area (Å²) in [4.78, 5) is 0. The summed E-state index contributed by atoms with van der Waals surface area (Å²) < 4.78 is 5.40. The summed E-state index contributed by atoms with van der Waals surface area (Å²) in [6, 6.07) is 0. The number of hydrazine groups is 1. The second-order valence-electron chi connectivity index (χ2n) is 2.90. The Bertz CT molecular complexity index is 172. The summed E-state index contributed by atoms with van der Waals surface area (Å²) in [5.41, 5.74) is 2.18. The van der Waals surface area contributed by atoms with Gasteiger partial charge < -0.3 is 10.1 Å². The van der Waals surface area contributed by atoms with Crippen LogP contribution in [0.15, 0.2) is 12.7 Å². The molecule has 5 nitrogen and oxygen atoms in total. The molecule has 82 valence electrons. The van der Waals surface area contributed by atoms with E-state index in [1.165, 1.54) is 0 Å². The Balaban J connectivity index is 3.58. The second-order valence-corrected chi connectivity index (χ2v) is 2.90. The van der Waals surface area contributed by atoms with Gasteiger partial charge in [0.2, 0.25) is 5.96 Å². The molecule has 0 aliphatic rings. The first-order valence-corrected chi connectivity index (χ1v) is 4.80. The summed E-state index contributed by atoms with van der Waals surface area (Å²) >= 11 is 0. The topological polar surface area (TPSA) is 83.2 Å². The predicted molar refractivity (Wildman–Crippen MR) is 57.6 cm³/mol. The molecule has 1 atom stereocenters. The molecule has 5 N–H and O–H groups in total. The van der Waals surface area contributed by atoms with E-state index in [-0.39, 0.29) is 12.2 Å². The molecule has 0 saturated carbocycles. The lowest BCUT2D eigenvalue weighted by molar-refractivity contribution is 0.0723. The van der Waals surface area contributed by atoms with E-state index in [2.05, 4.69) is 24.2 Å². The van der Waals surface area contributed by atoms with Crippen LogP contribution >= 0.6 is 0 Å². The number of nitrogens with two attached hydrogens (primary N) is 1. The number of guanidine groups is 1. The van der Waals surface area contributed by atoms with Gasteiger partial charge in [0.05, 0.1) is 0 Å². The van der Waals surface area contributed by atoms with E-state index in [0.717, 1.165) is 19.3 Å². The Hall–Kier alpha value is -1.07. The van der Waals surface area contributed by atoms with Gasteiger partial charge in [0, 0.05) is 6.61 Å². The predicted octanol–water partition coefficient (Wildman–Crippen LogP) is 0.693. The Morgan fingerprint density at radius 3 is 2.86 bits per heavy atom. The van der Waals surface area contributed by atoms with Crippen molar-refractivity contribution >= 4 is 5.96 Å². The third-order valence-corrected chi connectivity index (χ3v) is 1.69. The molecule has 5 heteroatoms. The van der Waals surface area contributed by atoms with Gasteiger partial charge in [-0.3, -0.25) is 10.8 Å². The fraction of sp³-hybridized carbons (Fsp3) is 0.667. The van der Waals surface area contributed by atoms with Crippen molar-refractivity contribution in [2.45, 2.75) is 32.4 Å². The van der Waals surface area contributed by atoms with Gasteiger partial charge in [0.25, 0.3) is 0 Å². The van der Waals surface area contributed by atoms with Gasteiger partial charge in [-0.15, -0.1) is 0 Å². The molecule has 0 aliphatic carbocycles. The van der Waals surface area contributed by atoms with Gasteiger partial charge in [0.1, 0.15) is 6.23 Å². The average molecular weight is 200 g/mol. The molecular weight excluding hydrogens is 180 g/mol. The largest absolute Gasteiger partial charge is 0.355 e. The van der Waals surface area contributed by atoms with Crippen LogP contribution in [-0.4, -0.2) is 18.8 Å². The van der Waals surface area contributed by atoms with Crippen LogP contribution in [0.3, 0.4) is 0 Å². The summed E-state index contributed by atoms with van der Waals surface area (Å²) in [6.07, 6.45) is 4.58. The third kappa shape index (κ3) is 6.45. The maximum Gasteiger partial charge on any atom is 0.205 e. The van der Waals surface area contributed by atoms with Crippen LogP contribution < -0.4 is 16.6 Å². The van der Waals surface area contributed by atoms with E-state index in [0.29, 0.717) is 6.61 Å². The molecule has 0 bridgehead atoms. The first-order valence-electron chi connectivity index (χ1n) is 4.80. The quantitative estimate of drug-likeness (QED) is 0.0926. The molecule has 0 aliphatic heterocycles. The minimum atomic E-state index is -0.351. The lowest BCUT2D eigenvalue weighted by Gasteiger charge is -2.16. The van der Waals surface area contributed by atoms with Crippen LogP contribution in [0.4, 0.5) is 0 Å². The summed E-state index contributed by atoms with van der Waals surface area (Å²) in [5.74, 6) is 5.04. The van der Waals surface area contributed by atoms with Crippen molar-refractivity contribution in [3.63, 3.8) is 0 Å². The highest BCUT2D eigenvalue weighted by Crippen LogP contribution is 1.96. The maximum atomic E-state index is 7.21. The van der Waals surface area contributed by atoms with E-state index in [1.54, 1.807) is 6.08 Å². The van der Waals surface area contributed by atoms with E-state index in [1.807, 2.05) is 0 Å². The zero-order valence-corrected chi connectivity index (χ0v) is 8.68. The number of rotatable bonds is 7. The maximum absolute atomic E-state index is 7.21. The fourth-order valence-corrected chi connectivity index (χ4v) is 0.915. The Kier molecular flexibility index (Phi) is 7.87. The summed E-state index contributed by atoms with van der Waals surface area (Å²) in [6.45, 7) is 6.39. The zero-order valence-electron chi connectivity index (χ0n) is 8.68. The van der Waals surface area contributed by atoms with Crippen molar-refractivity contribution in [1.82, 2.24) is 10.7 Å². The van der Waals surface area contributed by atoms with Gasteiger partial charge in [-0.2, -0.15) is 0 Å². The molecule has 0 heterocycles. The van der Waals surface area contributed by atoms with Crippen LogP contribution in [0.25, 0.3) is 0 Å². The van der Waals surface area contributed by atoms with Crippen LogP contribution in [-0.2, 0) is 4.74 Å². The summed E-state index contributed by atoms with van der Waals surface area (Å²) in [5, 5.41) is 9.91. The highest BCUT2D eigenvalue weighted by atomic mass is 16.5. The molecule has 0 amide bonds. The molecule has 0 aromatic rings. The van der Waals surface area contributed by atoms with Gasteiger partial charge in [-0.25, -0.2) is 5.84 Å². The number of hydrogen-bond acceptors (Lipinski definition) is 3. The Morgan fingerprint density at radius 2 is 2.36 bits per heavy atom. The molecule has 0 radical (unpaired) electrons. The molecular formula is C9H20N4O. The Morgan fingerprint density at radius 1 is 1.64 bits per heavy atom. The van der Waals surface area contributed by atoms with Crippen molar-refractivity contribution in [2.24, 2.45) is 5.84 Å². The average Bonchev–Trinajstić information content (AvgIpc) is 2.22. The zero-order chi connectivity index (χ0) is 10.8. The number of hydrogen-bond donors (Lipinski definition) is 4. The van der Waals surface area contributed by atoms with Gasteiger partial charge in [-0.1, -0.05) is 26.3 Å². The van der Waals surface area contributed by atoms with E-state index >= 15 is 0 Å². The SMILES string of the molecule is C=CC(NC(=N)NN)OCCCCC. The van der Waals surface area contributed by atoms with Crippen molar-refractivity contribution in [1.29, 1.82) is 5.41 Å². The van der Waals surface area contributed by atoms with Crippen molar-refractivity contribution in [3.8, 4) is 0 Å². The van der Waals surface area contributed by atoms with E-state index in [9.17, 15) is 0 Å². The van der Waals surface area contributed by atoms with Crippen LogP contribution in [0.5, 0.6) is 0 Å². The van der Waals surface area contributed by atoms with Crippen molar-refractivity contribution < 1.29 is 4.74 Å². The molecule has 0 spiro atoms. The van der Waals surface area contributed by atoms with Crippen LogP contribution in [0, 0.1) is 5.41 Å². The standard InChI is InChI=1S/C9H20N4O/c1-3-5-6-7-14-8(4-2)12-9(10)13-11/h4,8H,2-3,5-7,11H2,1H3,(H3,10,12,13). The van der Waals surface area contributed by atoms with Crippen molar-refractivity contribution in [3.05, 3.63) is 12.7 Å². The fourth-order valence-electron chi connectivity index (χ4n) is 0.915. The molecule has 14 heavy (non-hydrogen) atoms. The highest BCUT2D eigenvalue weighted by molar-refractivity contribution is 5.75.